The van der Waals surface area contributed by atoms with Crippen LogP contribution in [-0.4, -0.2) is 40.9 Å². The largest absolute Gasteiger partial charge is 0.308 e. The zero-order chi connectivity index (χ0) is 15.6. The van der Waals surface area contributed by atoms with Gasteiger partial charge in [-0.2, -0.15) is 5.10 Å². The summed E-state index contributed by atoms with van der Waals surface area (Å²) in [5.41, 5.74) is 4.19. The quantitative estimate of drug-likeness (QED) is 0.875. The Kier molecular flexibility index (Phi) is 5.10. The monoisotopic (exact) mass is 292 g/mol. The van der Waals surface area contributed by atoms with Crippen molar-refractivity contribution in [1.29, 1.82) is 0 Å². The van der Waals surface area contributed by atoms with E-state index >= 15 is 0 Å². The van der Waals surface area contributed by atoms with Crippen molar-refractivity contribution in [2.75, 3.05) is 20.6 Å². The van der Waals surface area contributed by atoms with Crippen molar-refractivity contribution in [3.63, 3.8) is 0 Å². The molecule has 0 spiro atoms. The molecule has 1 N–H and O–H groups in total. The summed E-state index contributed by atoms with van der Waals surface area (Å²) in [5.74, 6) is 0. The van der Waals surface area contributed by atoms with Gasteiger partial charge in [0.1, 0.15) is 0 Å². The van der Waals surface area contributed by atoms with E-state index in [1.807, 2.05) is 0 Å². The van der Waals surface area contributed by atoms with E-state index in [4.69, 9.17) is 0 Å². The van der Waals surface area contributed by atoms with Gasteiger partial charge in [-0.3, -0.25) is 4.68 Å². The van der Waals surface area contributed by atoms with Crippen molar-refractivity contribution >= 4 is 0 Å². The van der Waals surface area contributed by atoms with Gasteiger partial charge in [-0.25, -0.2) is 0 Å². The van der Waals surface area contributed by atoms with Crippen LogP contribution in [0, 0.1) is 13.8 Å². The van der Waals surface area contributed by atoms with Crippen molar-refractivity contribution in [2.45, 2.75) is 71.5 Å². The third kappa shape index (κ3) is 3.16. The first kappa shape index (κ1) is 16.5. The Balaban J connectivity index is 2.08. The van der Waals surface area contributed by atoms with Crippen molar-refractivity contribution in [3.8, 4) is 0 Å². The van der Waals surface area contributed by atoms with Gasteiger partial charge in [-0.15, -0.1) is 0 Å². The summed E-state index contributed by atoms with van der Waals surface area (Å²) in [6.07, 6.45) is 5.35. The minimum atomic E-state index is 0.344. The predicted octanol–water partition coefficient (Wildman–Crippen LogP) is 3.04. The average molecular weight is 292 g/mol. The summed E-state index contributed by atoms with van der Waals surface area (Å²) in [7, 11) is 4.45. The number of hydrogen-bond acceptors (Lipinski definition) is 3. The zero-order valence-electron chi connectivity index (χ0n) is 14.7. The highest BCUT2D eigenvalue weighted by molar-refractivity contribution is 5.27. The molecule has 2 rings (SSSR count). The van der Waals surface area contributed by atoms with Crippen LogP contribution in [0.5, 0.6) is 0 Å². The number of aryl methyl sites for hydroxylation is 2. The molecule has 1 aromatic heterocycles. The summed E-state index contributed by atoms with van der Waals surface area (Å²) in [6.45, 7) is 10.8. The smallest absolute Gasteiger partial charge is 0.0644 e. The predicted molar refractivity (Wildman–Crippen MR) is 88.7 cm³/mol. The Morgan fingerprint density at radius 3 is 2.38 bits per heavy atom. The molecule has 0 amide bonds. The summed E-state index contributed by atoms with van der Waals surface area (Å²) in [6, 6.07) is 0.364. The van der Waals surface area contributed by atoms with Crippen LogP contribution >= 0.6 is 0 Å². The van der Waals surface area contributed by atoms with E-state index in [-0.39, 0.29) is 0 Å². The second kappa shape index (κ2) is 6.49. The molecule has 120 valence electrons. The molecule has 4 nitrogen and oxygen atoms in total. The van der Waals surface area contributed by atoms with Gasteiger partial charge in [0.25, 0.3) is 0 Å². The zero-order valence-corrected chi connectivity index (χ0v) is 14.7. The number of hydrogen-bond donors (Lipinski definition) is 1. The maximum Gasteiger partial charge on any atom is 0.0644 e. The molecule has 0 aliphatic heterocycles. The lowest BCUT2D eigenvalue weighted by atomic mass is 9.95. The van der Waals surface area contributed by atoms with E-state index < -0.39 is 0 Å². The van der Waals surface area contributed by atoms with Gasteiger partial charge >= 0.3 is 0 Å². The average Bonchev–Trinajstić information content (AvgIpc) is 3.02. The van der Waals surface area contributed by atoms with Crippen LogP contribution in [0.15, 0.2) is 0 Å². The number of rotatable bonds is 6. The fraction of sp³-hybridized carbons (Fsp3) is 0.824. The van der Waals surface area contributed by atoms with Crippen LogP contribution in [0.1, 0.15) is 62.5 Å². The maximum atomic E-state index is 4.65. The van der Waals surface area contributed by atoms with E-state index in [2.05, 4.69) is 61.8 Å². The van der Waals surface area contributed by atoms with Gasteiger partial charge in [-0.05, 0) is 54.6 Å². The first-order chi connectivity index (χ1) is 9.91. The number of likely N-dealkylation sites (N-methyl/N-ethyl adjacent to an activating group) is 1. The van der Waals surface area contributed by atoms with Crippen molar-refractivity contribution < 1.29 is 0 Å². The molecular weight excluding hydrogens is 260 g/mol. The fourth-order valence-corrected chi connectivity index (χ4v) is 3.91. The van der Waals surface area contributed by atoms with Gasteiger partial charge in [-0.1, -0.05) is 12.8 Å². The Morgan fingerprint density at radius 1 is 1.29 bits per heavy atom. The van der Waals surface area contributed by atoms with E-state index in [1.54, 1.807) is 0 Å². The molecule has 1 atom stereocenters. The van der Waals surface area contributed by atoms with Gasteiger partial charge in [0.05, 0.1) is 5.69 Å². The number of aromatic nitrogens is 2. The van der Waals surface area contributed by atoms with E-state index in [1.165, 1.54) is 42.6 Å². The third-order valence-corrected chi connectivity index (χ3v) is 5.39. The Bertz CT molecular complexity index is 469. The lowest BCUT2D eigenvalue weighted by Crippen LogP contribution is -2.50. The van der Waals surface area contributed by atoms with Gasteiger partial charge in [0, 0.05) is 35.9 Å². The van der Waals surface area contributed by atoms with Gasteiger partial charge < -0.3 is 10.2 Å². The molecule has 21 heavy (non-hydrogen) atoms. The summed E-state index contributed by atoms with van der Waals surface area (Å²) >= 11 is 0. The van der Waals surface area contributed by atoms with Crippen LogP contribution in [0.25, 0.3) is 0 Å². The second-order valence-corrected chi connectivity index (χ2v) is 6.83. The van der Waals surface area contributed by atoms with Crippen LogP contribution in [0.3, 0.4) is 0 Å². The van der Waals surface area contributed by atoms with E-state index in [0.717, 1.165) is 13.1 Å². The highest BCUT2D eigenvalue weighted by Crippen LogP contribution is 2.34. The molecule has 1 aliphatic carbocycles. The topological polar surface area (TPSA) is 33.1 Å². The molecule has 4 heteroatoms. The first-order valence-corrected chi connectivity index (χ1v) is 8.36. The molecule has 1 heterocycles. The minimum Gasteiger partial charge on any atom is -0.308 e. The van der Waals surface area contributed by atoms with Crippen molar-refractivity contribution in [2.24, 2.45) is 0 Å². The third-order valence-electron chi connectivity index (χ3n) is 5.39. The highest BCUT2D eigenvalue weighted by atomic mass is 15.3. The minimum absolute atomic E-state index is 0.344. The molecule has 1 unspecified atom stereocenters. The molecule has 1 aliphatic rings. The molecular formula is C17H32N4. The Hall–Kier alpha value is -0.870. The fourth-order valence-electron chi connectivity index (χ4n) is 3.91. The molecule has 1 saturated carbocycles. The van der Waals surface area contributed by atoms with Crippen LogP contribution < -0.4 is 5.32 Å². The molecule has 0 bridgehead atoms. The van der Waals surface area contributed by atoms with Crippen LogP contribution in [0.2, 0.25) is 0 Å². The van der Waals surface area contributed by atoms with Crippen molar-refractivity contribution in [1.82, 2.24) is 20.0 Å². The summed E-state index contributed by atoms with van der Waals surface area (Å²) in [4.78, 5) is 2.43. The lowest BCUT2D eigenvalue weighted by Gasteiger charge is -2.37. The normalized spacial score (nSPS) is 19.4. The van der Waals surface area contributed by atoms with Crippen molar-refractivity contribution in [3.05, 3.63) is 17.0 Å². The molecule has 0 saturated heterocycles. The molecule has 0 aromatic carbocycles. The summed E-state index contributed by atoms with van der Waals surface area (Å²) < 4.78 is 2.11. The van der Waals surface area contributed by atoms with Gasteiger partial charge in [0.2, 0.25) is 0 Å². The van der Waals surface area contributed by atoms with E-state index in [0.29, 0.717) is 11.6 Å². The summed E-state index contributed by atoms with van der Waals surface area (Å²) in [5, 5.41) is 8.44. The Labute approximate surface area is 129 Å². The van der Waals surface area contributed by atoms with E-state index in [9.17, 15) is 0 Å². The number of nitrogens with one attached hydrogen (secondary N) is 1. The SMILES string of the molecule is CCn1nc(C)c(C(C)NCC2(N(C)C)CCCC2)c1C. The number of nitrogens with zero attached hydrogens (tertiary/aromatic N) is 3. The van der Waals surface area contributed by atoms with Crippen LogP contribution in [0.4, 0.5) is 0 Å². The van der Waals surface area contributed by atoms with Gasteiger partial charge in [0.15, 0.2) is 0 Å². The molecule has 0 radical (unpaired) electrons. The Morgan fingerprint density at radius 2 is 1.90 bits per heavy atom. The standard InChI is InChI=1S/C17H32N4/c1-7-21-15(4)16(14(3)19-21)13(2)18-12-17(20(5)6)10-8-9-11-17/h13,18H,7-12H2,1-6H3. The maximum absolute atomic E-state index is 4.65. The molecule has 1 fully saturated rings. The first-order valence-electron chi connectivity index (χ1n) is 8.36. The molecule has 1 aromatic rings. The highest BCUT2D eigenvalue weighted by Gasteiger charge is 2.36. The van der Waals surface area contributed by atoms with Crippen LogP contribution in [-0.2, 0) is 6.54 Å². The lowest BCUT2D eigenvalue weighted by molar-refractivity contribution is 0.150. The second-order valence-electron chi connectivity index (χ2n) is 6.83.